The quantitative estimate of drug-likeness (QED) is 0.232. The molecule has 216 valence electrons. The van der Waals surface area contributed by atoms with Gasteiger partial charge in [0, 0.05) is 35.2 Å². The molecule has 0 spiro atoms. The molecule has 6 rings (SSSR count). The number of rotatable bonds is 9. The molecule has 42 heavy (non-hydrogen) atoms. The predicted octanol–water partition coefficient (Wildman–Crippen LogP) is 5.71. The summed E-state index contributed by atoms with van der Waals surface area (Å²) in [4.78, 5) is 15.9. The summed E-state index contributed by atoms with van der Waals surface area (Å²) in [5.74, 6) is -1.01. The van der Waals surface area contributed by atoms with Crippen LogP contribution in [0, 0.1) is 17.5 Å². The highest BCUT2D eigenvalue weighted by molar-refractivity contribution is 6.30. The van der Waals surface area contributed by atoms with Gasteiger partial charge < -0.3 is 18.6 Å². The Balaban J connectivity index is 1.25. The predicted molar refractivity (Wildman–Crippen MR) is 145 cm³/mol. The Morgan fingerprint density at radius 2 is 1.88 bits per heavy atom. The Labute approximate surface area is 241 Å². The molecule has 1 fully saturated rings. The second kappa shape index (κ2) is 11.8. The van der Waals surface area contributed by atoms with Crippen LogP contribution in [0.25, 0.3) is 22.8 Å². The minimum absolute atomic E-state index is 0.0462. The normalized spacial score (nSPS) is 14.9. The average Bonchev–Trinajstić information content (AvgIpc) is 3.73. The molecule has 5 aromatic rings. The minimum atomic E-state index is -0.707. The van der Waals surface area contributed by atoms with Gasteiger partial charge in [-0.25, -0.2) is 18.2 Å². The lowest BCUT2D eigenvalue weighted by Crippen LogP contribution is -2.18. The molecule has 0 bridgehead atoms. The number of benzene rings is 2. The summed E-state index contributed by atoms with van der Waals surface area (Å²) >= 11 is 5.79. The van der Waals surface area contributed by atoms with Gasteiger partial charge in [0.05, 0.1) is 24.4 Å². The maximum atomic E-state index is 15.4. The summed E-state index contributed by atoms with van der Waals surface area (Å²) < 4.78 is 63.1. The summed E-state index contributed by atoms with van der Waals surface area (Å²) in [6, 6.07) is 12.2. The Morgan fingerprint density at radius 3 is 2.64 bits per heavy atom. The number of aromatic nitrogens is 5. The van der Waals surface area contributed by atoms with Crippen LogP contribution in [0.2, 0.25) is 5.02 Å². The number of hydrogen-bond acceptors (Lipinski definition) is 7. The molecule has 1 aliphatic heterocycles. The van der Waals surface area contributed by atoms with Gasteiger partial charge in [-0.3, -0.25) is 4.79 Å². The zero-order valence-corrected chi connectivity index (χ0v) is 22.7. The second-order valence-electron chi connectivity index (χ2n) is 9.75. The van der Waals surface area contributed by atoms with E-state index >= 15 is 8.78 Å². The number of H-pyrrole nitrogens is 1. The van der Waals surface area contributed by atoms with Gasteiger partial charge >= 0.3 is 0 Å². The first-order chi connectivity index (χ1) is 20.3. The molecule has 1 saturated heterocycles. The van der Waals surface area contributed by atoms with Crippen molar-refractivity contribution < 1.29 is 27.2 Å². The summed E-state index contributed by atoms with van der Waals surface area (Å²) in [6.07, 6.45) is 1.51. The van der Waals surface area contributed by atoms with E-state index in [0.717, 1.165) is 25.0 Å². The van der Waals surface area contributed by atoms with Gasteiger partial charge in [0.15, 0.2) is 0 Å². The minimum Gasteiger partial charge on any atom is -0.473 e. The van der Waals surface area contributed by atoms with E-state index in [4.69, 9.17) is 25.6 Å². The Kier molecular flexibility index (Phi) is 7.81. The molecule has 0 unspecified atom stereocenters. The summed E-state index contributed by atoms with van der Waals surface area (Å²) in [5.41, 5.74) is -0.0669. The molecule has 9 nitrogen and oxygen atoms in total. The van der Waals surface area contributed by atoms with Crippen LogP contribution in [-0.2, 0) is 24.3 Å². The first-order valence-corrected chi connectivity index (χ1v) is 13.5. The van der Waals surface area contributed by atoms with Crippen molar-refractivity contribution in [3.05, 3.63) is 104 Å². The molecule has 1 N–H and O–H groups in total. The smallest absolute Gasteiger partial charge is 0.280 e. The zero-order chi connectivity index (χ0) is 29.2. The third kappa shape index (κ3) is 5.95. The monoisotopic (exact) mass is 597 g/mol. The maximum Gasteiger partial charge on any atom is 0.280 e. The van der Waals surface area contributed by atoms with E-state index in [2.05, 4.69) is 20.3 Å². The number of hydrogen-bond donors (Lipinski definition) is 1. The van der Waals surface area contributed by atoms with Crippen molar-refractivity contribution in [1.29, 1.82) is 0 Å². The van der Waals surface area contributed by atoms with Crippen LogP contribution >= 0.6 is 11.6 Å². The van der Waals surface area contributed by atoms with E-state index in [1.54, 1.807) is 10.6 Å². The zero-order valence-electron chi connectivity index (χ0n) is 21.9. The molecule has 0 saturated carbocycles. The molecule has 0 amide bonds. The number of halogens is 4. The van der Waals surface area contributed by atoms with Crippen LogP contribution in [0.5, 0.6) is 5.88 Å². The number of nitrogens with one attached hydrogen (secondary N) is 1. The van der Waals surface area contributed by atoms with Gasteiger partial charge in [0.1, 0.15) is 29.9 Å². The van der Waals surface area contributed by atoms with Crippen molar-refractivity contribution in [2.24, 2.45) is 0 Å². The van der Waals surface area contributed by atoms with Crippen LogP contribution in [-0.4, -0.2) is 37.6 Å². The van der Waals surface area contributed by atoms with Crippen LogP contribution in [0.3, 0.4) is 0 Å². The fourth-order valence-corrected chi connectivity index (χ4v) is 4.91. The molecular formula is C29H23ClF3N5O4. The lowest BCUT2D eigenvalue weighted by atomic mass is 10.0. The van der Waals surface area contributed by atoms with E-state index in [1.807, 2.05) is 0 Å². The van der Waals surface area contributed by atoms with E-state index in [0.29, 0.717) is 19.0 Å². The number of aromatic amines is 1. The van der Waals surface area contributed by atoms with Gasteiger partial charge in [-0.2, -0.15) is 5.16 Å². The highest BCUT2D eigenvalue weighted by Crippen LogP contribution is 2.28. The van der Waals surface area contributed by atoms with E-state index in [1.165, 1.54) is 36.4 Å². The molecule has 1 atom stereocenters. The molecule has 2 aromatic carbocycles. The Morgan fingerprint density at radius 1 is 1.02 bits per heavy atom. The van der Waals surface area contributed by atoms with Gasteiger partial charge in [-0.1, -0.05) is 23.7 Å². The van der Waals surface area contributed by atoms with Crippen LogP contribution < -0.4 is 10.3 Å². The van der Waals surface area contributed by atoms with Crippen molar-refractivity contribution in [3.63, 3.8) is 0 Å². The standard InChI is InChI=1S/C29H23ClF3N5O4/c30-18-7-6-16(21(31)11-18)15-41-28-5-1-4-24(34-28)20-12-22(32)17(9-23(20)33)10-26-35-36-29(25-13-27(39)37-42-25)38(26)14-19-3-2-8-40-19/h1,4-7,9,11-13,19H,2-3,8,10,14-15H2,(H,37,39)/t19-/m0/s1. The van der Waals surface area contributed by atoms with Crippen LogP contribution in [0.4, 0.5) is 13.2 Å². The first-order valence-electron chi connectivity index (χ1n) is 13.1. The average molecular weight is 598 g/mol. The lowest BCUT2D eigenvalue weighted by Gasteiger charge is -2.15. The van der Waals surface area contributed by atoms with Crippen molar-refractivity contribution in [2.75, 3.05) is 6.61 Å². The van der Waals surface area contributed by atoms with E-state index in [9.17, 15) is 9.18 Å². The SMILES string of the molecule is O=c1cc(-c2nnc(Cc3cc(F)c(-c4cccc(OCc5ccc(Cl)cc5F)n4)cc3F)n2C[C@@H]2CCCO2)o[nH]1. The third-order valence-corrected chi connectivity index (χ3v) is 7.09. The Hall–Kier alpha value is -4.42. The number of nitrogens with zero attached hydrogens (tertiary/aromatic N) is 4. The fraction of sp³-hybridized carbons (Fsp3) is 0.241. The maximum absolute atomic E-state index is 15.4. The lowest BCUT2D eigenvalue weighted by molar-refractivity contribution is 0.0965. The van der Waals surface area contributed by atoms with Gasteiger partial charge in [-0.05, 0) is 48.7 Å². The summed E-state index contributed by atoms with van der Waals surface area (Å²) in [5, 5.41) is 10.8. The van der Waals surface area contributed by atoms with E-state index < -0.39 is 23.0 Å². The number of ether oxygens (including phenoxy) is 2. The van der Waals surface area contributed by atoms with Crippen LogP contribution in [0.15, 0.2) is 63.9 Å². The highest BCUT2D eigenvalue weighted by atomic mass is 35.5. The summed E-state index contributed by atoms with van der Waals surface area (Å²) in [6.45, 7) is 0.845. The van der Waals surface area contributed by atoms with E-state index in [-0.39, 0.29) is 64.0 Å². The first kappa shape index (κ1) is 27.7. The van der Waals surface area contributed by atoms with Crippen molar-refractivity contribution in [2.45, 2.75) is 38.5 Å². The van der Waals surface area contributed by atoms with Gasteiger partial charge in [-0.15, -0.1) is 10.2 Å². The Bertz CT molecular complexity index is 1800. The van der Waals surface area contributed by atoms with Gasteiger partial charge in [0.2, 0.25) is 17.5 Å². The molecule has 0 aliphatic carbocycles. The molecule has 13 heteroatoms. The molecule has 1 aliphatic rings. The van der Waals surface area contributed by atoms with Crippen molar-refractivity contribution >= 4 is 11.6 Å². The second-order valence-corrected chi connectivity index (χ2v) is 10.2. The summed E-state index contributed by atoms with van der Waals surface area (Å²) in [7, 11) is 0. The molecule has 4 heterocycles. The largest absolute Gasteiger partial charge is 0.473 e. The van der Waals surface area contributed by atoms with Crippen molar-refractivity contribution in [1.82, 2.24) is 24.9 Å². The number of pyridine rings is 1. The fourth-order valence-electron chi connectivity index (χ4n) is 4.75. The molecule has 3 aromatic heterocycles. The highest BCUT2D eigenvalue weighted by Gasteiger charge is 2.24. The topological polar surface area (TPSA) is 108 Å². The molecule has 0 radical (unpaired) electrons. The van der Waals surface area contributed by atoms with Crippen molar-refractivity contribution in [3.8, 4) is 28.7 Å². The van der Waals surface area contributed by atoms with Crippen LogP contribution in [0.1, 0.15) is 29.8 Å². The van der Waals surface area contributed by atoms with Gasteiger partial charge in [0.25, 0.3) is 5.56 Å². The third-order valence-electron chi connectivity index (χ3n) is 6.86. The molecular weight excluding hydrogens is 575 g/mol.